The van der Waals surface area contributed by atoms with E-state index in [1.54, 1.807) is 6.92 Å². The minimum Gasteiger partial charge on any atom is -0.491 e. The van der Waals surface area contributed by atoms with Crippen molar-refractivity contribution in [1.29, 1.82) is 0 Å². The Labute approximate surface area is 103 Å². The molecule has 0 aliphatic carbocycles. The van der Waals surface area contributed by atoms with Crippen LogP contribution in [0.15, 0.2) is 12.1 Å². The molecule has 0 radical (unpaired) electrons. The molecule has 6 heteroatoms. The second-order valence-corrected chi connectivity index (χ2v) is 3.95. The van der Waals surface area contributed by atoms with Gasteiger partial charge in [-0.25, -0.2) is 4.39 Å². The lowest BCUT2D eigenvalue weighted by molar-refractivity contribution is -0.385. The fourth-order valence-electron chi connectivity index (χ4n) is 1.33. The summed E-state index contributed by atoms with van der Waals surface area (Å²) in [5.74, 6) is -0.138. The summed E-state index contributed by atoms with van der Waals surface area (Å²) in [6.45, 7) is 1.89. The molecule has 0 N–H and O–H groups in total. The minimum absolute atomic E-state index is 0.0441. The molecule has 0 saturated carbocycles. The summed E-state index contributed by atoms with van der Waals surface area (Å²) in [7, 11) is 0. The Hall–Kier alpha value is -1.36. The van der Waals surface area contributed by atoms with Crippen molar-refractivity contribution in [2.45, 2.75) is 19.8 Å². The summed E-state index contributed by atoms with van der Waals surface area (Å²) < 4.78 is 18.6. The molecule has 0 bridgehead atoms. The van der Waals surface area contributed by atoms with Gasteiger partial charge in [-0.2, -0.15) is 0 Å². The lowest BCUT2D eigenvalue weighted by Gasteiger charge is -2.07. The van der Waals surface area contributed by atoms with Crippen molar-refractivity contribution in [1.82, 2.24) is 0 Å². The average molecular weight is 262 g/mol. The van der Waals surface area contributed by atoms with Crippen LogP contribution in [0.25, 0.3) is 0 Å². The molecule has 0 amide bonds. The first kappa shape index (κ1) is 13.7. The lowest BCUT2D eigenvalue weighted by atomic mass is 10.2. The second kappa shape index (κ2) is 6.39. The lowest BCUT2D eigenvalue weighted by Crippen LogP contribution is -2.01. The van der Waals surface area contributed by atoms with E-state index in [0.717, 1.165) is 18.9 Å². The Bertz CT molecular complexity index is 412. The number of halogens is 2. The highest BCUT2D eigenvalue weighted by atomic mass is 35.5. The third-order valence-electron chi connectivity index (χ3n) is 2.23. The number of hydrogen-bond donors (Lipinski definition) is 0. The van der Waals surface area contributed by atoms with Gasteiger partial charge in [0.15, 0.2) is 11.6 Å². The number of hydrogen-bond acceptors (Lipinski definition) is 3. The van der Waals surface area contributed by atoms with Crippen LogP contribution in [0.3, 0.4) is 0 Å². The van der Waals surface area contributed by atoms with E-state index in [9.17, 15) is 14.5 Å². The SMILES string of the molecule is Cc1cc(OCCCCCl)c(F)cc1[N+](=O)[O-]. The van der Waals surface area contributed by atoms with E-state index in [-0.39, 0.29) is 11.4 Å². The topological polar surface area (TPSA) is 52.4 Å². The molecule has 0 fully saturated rings. The zero-order valence-corrected chi connectivity index (χ0v) is 10.2. The van der Waals surface area contributed by atoms with Gasteiger partial charge in [0.2, 0.25) is 0 Å². The van der Waals surface area contributed by atoms with Crippen molar-refractivity contribution in [3.8, 4) is 5.75 Å². The van der Waals surface area contributed by atoms with Crippen LogP contribution in [-0.2, 0) is 0 Å². The van der Waals surface area contributed by atoms with Crippen LogP contribution in [0.4, 0.5) is 10.1 Å². The van der Waals surface area contributed by atoms with Gasteiger partial charge < -0.3 is 4.74 Å². The molecule has 0 heterocycles. The molecule has 0 spiro atoms. The number of alkyl halides is 1. The highest BCUT2D eigenvalue weighted by molar-refractivity contribution is 6.17. The van der Waals surface area contributed by atoms with Gasteiger partial charge in [-0.1, -0.05) is 0 Å². The van der Waals surface area contributed by atoms with Gasteiger partial charge in [0.05, 0.1) is 17.6 Å². The van der Waals surface area contributed by atoms with Crippen molar-refractivity contribution in [2.75, 3.05) is 12.5 Å². The maximum Gasteiger partial charge on any atom is 0.275 e. The van der Waals surface area contributed by atoms with Crippen molar-refractivity contribution >= 4 is 17.3 Å². The van der Waals surface area contributed by atoms with Gasteiger partial charge in [-0.15, -0.1) is 11.6 Å². The minimum atomic E-state index is -0.715. The summed E-state index contributed by atoms with van der Waals surface area (Å²) in [6, 6.07) is 2.22. The van der Waals surface area contributed by atoms with Gasteiger partial charge in [0.1, 0.15) is 0 Å². The molecule has 94 valence electrons. The Kier molecular flexibility index (Phi) is 5.15. The van der Waals surface area contributed by atoms with Gasteiger partial charge in [-0.3, -0.25) is 10.1 Å². The molecule has 1 aromatic carbocycles. The summed E-state index contributed by atoms with van der Waals surface area (Å²) in [6.07, 6.45) is 1.51. The quantitative estimate of drug-likeness (QED) is 0.341. The average Bonchev–Trinajstić information content (AvgIpc) is 2.28. The highest BCUT2D eigenvalue weighted by Crippen LogP contribution is 2.27. The zero-order chi connectivity index (χ0) is 12.8. The fraction of sp³-hybridized carbons (Fsp3) is 0.455. The van der Waals surface area contributed by atoms with E-state index in [1.807, 2.05) is 0 Å². The smallest absolute Gasteiger partial charge is 0.275 e. The molecule has 0 unspecified atom stereocenters. The van der Waals surface area contributed by atoms with Gasteiger partial charge in [0.25, 0.3) is 5.69 Å². The summed E-state index contributed by atoms with van der Waals surface area (Å²) in [5, 5.41) is 10.6. The maximum atomic E-state index is 13.4. The van der Waals surface area contributed by atoms with E-state index in [0.29, 0.717) is 18.1 Å². The standard InChI is InChI=1S/C11H13ClFNO3/c1-8-6-11(17-5-3-2-4-12)9(13)7-10(8)14(15)16/h6-7H,2-5H2,1H3. The Balaban J connectivity index is 2.74. The van der Waals surface area contributed by atoms with Crippen LogP contribution in [-0.4, -0.2) is 17.4 Å². The largest absolute Gasteiger partial charge is 0.491 e. The summed E-state index contributed by atoms with van der Waals surface area (Å²) >= 11 is 5.49. The Morgan fingerprint density at radius 1 is 1.47 bits per heavy atom. The predicted octanol–water partition coefficient (Wildman–Crippen LogP) is 3.44. The molecule has 1 aromatic rings. The monoisotopic (exact) mass is 261 g/mol. The summed E-state index contributed by atoms with van der Waals surface area (Å²) in [4.78, 5) is 9.95. The number of nitro benzene ring substituents is 1. The molecular formula is C11H13ClFNO3. The van der Waals surface area contributed by atoms with Crippen LogP contribution < -0.4 is 4.74 Å². The molecule has 4 nitrogen and oxygen atoms in total. The fourth-order valence-corrected chi connectivity index (χ4v) is 1.52. The van der Waals surface area contributed by atoms with Crippen molar-refractivity contribution in [2.24, 2.45) is 0 Å². The molecule has 0 aliphatic heterocycles. The van der Waals surface area contributed by atoms with E-state index in [4.69, 9.17) is 16.3 Å². The molecule has 0 saturated heterocycles. The van der Waals surface area contributed by atoms with Gasteiger partial charge >= 0.3 is 0 Å². The number of nitrogens with zero attached hydrogens (tertiary/aromatic N) is 1. The predicted molar refractivity (Wildman–Crippen MR) is 63.2 cm³/mol. The molecule has 17 heavy (non-hydrogen) atoms. The molecule has 0 atom stereocenters. The van der Waals surface area contributed by atoms with E-state index >= 15 is 0 Å². The number of rotatable bonds is 6. The number of unbranched alkanes of at least 4 members (excludes halogenated alkanes) is 1. The number of benzene rings is 1. The van der Waals surface area contributed by atoms with Crippen LogP contribution in [0.5, 0.6) is 5.75 Å². The Morgan fingerprint density at radius 2 is 2.18 bits per heavy atom. The molecule has 1 rings (SSSR count). The number of ether oxygens (including phenoxy) is 1. The normalized spacial score (nSPS) is 10.3. The van der Waals surface area contributed by atoms with E-state index in [2.05, 4.69) is 0 Å². The van der Waals surface area contributed by atoms with Crippen LogP contribution in [0, 0.1) is 22.9 Å². The third kappa shape index (κ3) is 3.85. The Morgan fingerprint density at radius 3 is 2.76 bits per heavy atom. The van der Waals surface area contributed by atoms with E-state index < -0.39 is 10.7 Å². The van der Waals surface area contributed by atoms with Crippen LogP contribution in [0.1, 0.15) is 18.4 Å². The third-order valence-corrected chi connectivity index (χ3v) is 2.50. The maximum absolute atomic E-state index is 13.4. The zero-order valence-electron chi connectivity index (χ0n) is 9.41. The number of nitro groups is 1. The van der Waals surface area contributed by atoms with Crippen molar-refractivity contribution in [3.05, 3.63) is 33.6 Å². The van der Waals surface area contributed by atoms with Gasteiger partial charge in [-0.05, 0) is 25.8 Å². The first-order valence-electron chi connectivity index (χ1n) is 5.19. The van der Waals surface area contributed by atoms with Crippen LogP contribution in [0.2, 0.25) is 0 Å². The highest BCUT2D eigenvalue weighted by Gasteiger charge is 2.16. The van der Waals surface area contributed by atoms with Crippen molar-refractivity contribution < 1.29 is 14.1 Å². The van der Waals surface area contributed by atoms with Crippen molar-refractivity contribution in [3.63, 3.8) is 0 Å². The molecular weight excluding hydrogens is 249 g/mol. The molecule has 0 aromatic heterocycles. The second-order valence-electron chi connectivity index (χ2n) is 3.57. The summed E-state index contributed by atoms with van der Waals surface area (Å²) in [5.41, 5.74) is 0.138. The first-order valence-corrected chi connectivity index (χ1v) is 5.73. The van der Waals surface area contributed by atoms with Gasteiger partial charge in [0, 0.05) is 11.4 Å². The number of aryl methyl sites for hydroxylation is 1. The molecule has 0 aliphatic rings. The van der Waals surface area contributed by atoms with E-state index in [1.165, 1.54) is 6.07 Å². The van der Waals surface area contributed by atoms with Crippen LogP contribution >= 0.6 is 11.6 Å². The first-order chi connectivity index (χ1) is 8.06.